The minimum atomic E-state index is -1.63. The van der Waals surface area contributed by atoms with Crippen LogP contribution in [-0.2, 0) is 0 Å². The third-order valence-electron chi connectivity index (χ3n) is 3.34. The van der Waals surface area contributed by atoms with E-state index in [1.807, 2.05) is 6.92 Å². The topological polar surface area (TPSA) is 24.9 Å². The summed E-state index contributed by atoms with van der Waals surface area (Å²) in [5, 5.41) is 2.45. The first-order valence-electron chi connectivity index (χ1n) is 5.43. The molecule has 0 radical (unpaired) electrons. The van der Waals surface area contributed by atoms with Crippen LogP contribution in [0.4, 0.5) is 23.2 Å². The Bertz CT molecular complexity index is 417. The summed E-state index contributed by atoms with van der Waals surface area (Å²) in [6.07, 6.45) is 2.77. The van der Waals surface area contributed by atoms with E-state index in [0.29, 0.717) is 6.54 Å². The Balaban J connectivity index is 2.20. The summed E-state index contributed by atoms with van der Waals surface area (Å²) in [6, 6.07) is 0. The minimum Gasteiger partial charge on any atom is -0.379 e. The summed E-state index contributed by atoms with van der Waals surface area (Å²) in [7, 11) is 0. The number of anilines is 1. The lowest BCUT2D eigenvalue weighted by molar-refractivity contribution is 0.408. The van der Waals surface area contributed by atoms with E-state index >= 15 is 0 Å². The molecule has 94 valence electrons. The van der Waals surface area contributed by atoms with Crippen molar-refractivity contribution < 1.29 is 17.6 Å². The van der Waals surface area contributed by atoms with Gasteiger partial charge in [-0.25, -0.2) is 0 Å². The molecule has 6 heteroatoms. The molecular weight excluding hydrogens is 236 g/mol. The molecular formula is C11H12F4N2. The molecule has 0 amide bonds. The Kier molecular flexibility index (Phi) is 2.97. The van der Waals surface area contributed by atoms with Crippen molar-refractivity contribution in [2.24, 2.45) is 5.41 Å². The molecule has 0 unspecified atom stereocenters. The van der Waals surface area contributed by atoms with Gasteiger partial charge in [0.2, 0.25) is 11.6 Å². The fraction of sp³-hybridized carbons (Fsp3) is 0.545. The second-order valence-electron chi connectivity index (χ2n) is 4.40. The van der Waals surface area contributed by atoms with Crippen LogP contribution in [0.3, 0.4) is 0 Å². The highest BCUT2D eigenvalue weighted by Crippen LogP contribution is 2.48. The van der Waals surface area contributed by atoms with E-state index in [0.717, 1.165) is 19.3 Å². The van der Waals surface area contributed by atoms with Gasteiger partial charge < -0.3 is 5.32 Å². The fourth-order valence-corrected chi connectivity index (χ4v) is 1.75. The number of nitrogens with zero attached hydrogens (tertiary/aromatic N) is 1. The molecule has 2 rings (SSSR count). The summed E-state index contributed by atoms with van der Waals surface area (Å²) in [4.78, 5) is 2.49. The summed E-state index contributed by atoms with van der Waals surface area (Å²) < 4.78 is 52.1. The average Bonchev–Trinajstić information content (AvgIpc) is 3.07. The molecule has 2 nitrogen and oxygen atoms in total. The maximum Gasteiger partial charge on any atom is 0.253 e. The fourth-order valence-electron chi connectivity index (χ4n) is 1.75. The number of hydrogen-bond acceptors (Lipinski definition) is 2. The monoisotopic (exact) mass is 248 g/mol. The highest BCUT2D eigenvalue weighted by atomic mass is 19.2. The molecule has 1 aliphatic carbocycles. The van der Waals surface area contributed by atoms with Gasteiger partial charge in [0, 0.05) is 6.54 Å². The maximum absolute atomic E-state index is 13.2. The molecule has 0 atom stereocenters. The molecule has 0 bridgehead atoms. The summed E-state index contributed by atoms with van der Waals surface area (Å²) in [6.45, 7) is 2.27. The second-order valence-corrected chi connectivity index (χ2v) is 4.40. The molecule has 1 aromatic rings. The van der Waals surface area contributed by atoms with Crippen LogP contribution >= 0.6 is 0 Å². The lowest BCUT2D eigenvalue weighted by atomic mass is 10.0. The summed E-state index contributed by atoms with van der Waals surface area (Å²) in [5.41, 5.74) is -0.760. The highest BCUT2D eigenvalue weighted by Gasteiger charge is 2.40. The van der Waals surface area contributed by atoms with E-state index in [9.17, 15) is 17.6 Å². The van der Waals surface area contributed by atoms with Gasteiger partial charge in [-0.3, -0.25) is 0 Å². The zero-order valence-corrected chi connectivity index (χ0v) is 9.29. The lowest BCUT2D eigenvalue weighted by Crippen LogP contribution is -2.17. The molecule has 1 aromatic heterocycles. The Morgan fingerprint density at radius 1 is 1.12 bits per heavy atom. The Morgan fingerprint density at radius 3 is 2.06 bits per heavy atom. The van der Waals surface area contributed by atoms with E-state index < -0.39 is 29.2 Å². The molecule has 1 saturated carbocycles. The smallest absolute Gasteiger partial charge is 0.253 e. The van der Waals surface area contributed by atoms with Crippen LogP contribution in [0.5, 0.6) is 0 Å². The van der Waals surface area contributed by atoms with E-state index in [1.165, 1.54) is 0 Å². The van der Waals surface area contributed by atoms with Gasteiger partial charge >= 0.3 is 0 Å². The quantitative estimate of drug-likeness (QED) is 0.653. The predicted molar refractivity (Wildman–Crippen MR) is 54.5 cm³/mol. The van der Waals surface area contributed by atoms with E-state index in [2.05, 4.69) is 10.3 Å². The van der Waals surface area contributed by atoms with Gasteiger partial charge in [0.05, 0.1) is 0 Å². The maximum atomic E-state index is 13.2. The van der Waals surface area contributed by atoms with Crippen molar-refractivity contribution in [1.82, 2.24) is 4.98 Å². The lowest BCUT2D eigenvalue weighted by Gasteiger charge is -2.15. The largest absolute Gasteiger partial charge is 0.379 e. The second kappa shape index (κ2) is 4.16. The molecule has 1 aliphatic rings. The van der Waals surface area contributed by atoms with Gasteiger partial charge in [-0.15, -0.1) is 0 Å². The SMILES string of the molecule is CCC1(CNc2c(F)c(F)nc(F)c2F)CC1. The van der Waals surface area contributed by atoms with Crippen LogP contribution in [0, 0.1) is 28.9 Å². The summed E-state index contributed by atoms with van der Waals surface area (Å²) >= 11 is 0. The molecule has 1 fully saturated rings. The zero-order valence-electron chi connectivity index (χ0n) is 9.29. The molecule has 0 aromatic carbocycles. The Labute approximate surface area is 96.0 Å². The van der Waals surface area contributed by atoms with Gasteiger partial charge in [-0.05, 0) is 24.7 Å². The first kappa shape index (κ1) is 12.1. The van der Waals surface area contributed by atoms with Crippen molar-refractivity contribution in [1.29, 1.82) is 0 Å². The normalized spacial score (nSPS) is 17.0. The number of hydrogen-bond donors (Lipinski definition) is 1. The first-order valence-corrected chi connectivity index (χ1v) is 5.43. The molecule has 1 N–H and O–H groups in total. The Morgan fingerprint density at radius 2 is 1.65 bits per heavy atom. The van der Waals surface area contributed by atoms with Crippen molar-refractivity contribution in [3.8, 4) is 0 Å². The van der Waals surface area contributed by atoms with Crippen LogP contribution < -0.4 is 5.32 Å². The van der Waals surface area contributed by atoms with Crippen LogP contribution in [0.25, 0.3) is 0 Å². The third-order valence-corrected chi connectivity index (χ3v) is 3.34. The minimum absolute atomic E-state index is 0.00903. The van der Waals surface area contributed by atoms with Crippen molar-refractivity contribution in [2.45, 2.75) is 26.2 Å². The average molecular weight is 248 g/mol. The zero-order chi connectivity index (χ0) is 12.6. The van der Waals surface area contributed by atoms with E-state index in [-0.39, 0.29) is 5.41 Å². The van der Waals surface area contributed by atoms with E-state index in [1.54, 1.807) is 0 Å². The number of halogens is 4. The van der Waals surface area contributed by atoms with Crippen LogP contribution in [-0.4, -0.2) is 11.5 Å². The van der Waals surface area contributed by atoms with Gasteiger partial charge in [-0.2, -0.15) is 22.5 Å². The van der Waals surface area contributed by atoms with Gasteiger partial charge in [0.1, 0.15) is 5.69 Å². The predicted octanol–water partition coefficient (Wildman–Crippen LogP) is 3.24. The van der Waals surface area contributed by atoms with Crippen molar-refractivity contribution in [3.63, 3.8) is 0 Å². The van der Waals surface area contributed by atoms with Crippen molar-refractivity contribution in [2.75, 3.05) is 11.9 Å². The summed E-state index contributed by atoms with van der Waals surface area (Å²) in [5.74, 6) is -6.22. The number of nitrogens with one attached hydrogen (secondary N) is 1. The molecule has 0 spiro atoms. The Hall–Kier alpha value is -1.33. The van der Waals surface area contributed by atoms with Crippen LogP contribution in [0.2, 0.25) is 0 Å². The third kappa shape index (κ3) is 2.21. The highest BCUT2D eigenvalue weighted by molar-refractivity contribution is 5.45. The number of aromatic nitrogens is 1. The van der Waals surface area contributed by atoms with Crippen molar-refractivity contribution in [3.05, 3.63) is 23.5 Å². The molecule has 1 heterocycles. The van der Waals surface area contributed by atoms with Gasteiger partial charge in [0.15, 0.2) is 0 Å². The van der Waals surface area contributed by atoms with Crippen molar-refractivity contribution >= 4 is 5.69 Å². The van der Waals surface area contributed by atoms with Crippen LogP contribution in [0.15, 0.2) is 0 Å². The first-order chi connectivity index (χ1) is 7.99. The van der Waals surface area contributed by atoms with E-state index in [4.69, 9.17) is 0 Å². The molecule has 0 aliphatic heterocycles. The molecule has 0 saturated heterocycles. The van der Waals surface area contributed by atoms with Crippen LogP contribution in [0.1, 0.15) is 26.2 Å². The van der Waals surface area contributed by atoms with Gasteiger partial charge in [-0.1, -0.05) is 6.92 Å². The molecule has 17 heavy (non-hydrogen) atoms. The standard InChI is InChI=1S/C11H12F4N2/c1-2-11(3-4-11)5-16-8-6(12)9(14)17-10(15)7(8)13/h2-5H2,1H3,(H,16,17). The number of rotatable bonds is 4. The number of pyridine rings is 1. The van der Waals surface area contributed by atoms with Gasteiger partial charge in [0.25, 0.3) is 11.9 Å².